The summed E-state index contributed by atoms with van der Waals surface area (Å²) in [6, 6.07) is 9.48. The van der Waals surface area contributed by atoms with Gasteiger partial charge in [0.2, 0.25) is 0 Å². The molecule has 0 aromatic heterocycles. The fourth-order valence-electron chi connectivity index (χ4n) is 2.76. The Bertz CT molecular complexity index is 358. The van der Waals surface area contributed by atoms with Crippen LogP contribution < -0.4 is 5.32 Å². The molecule has 0 radical (unpaired) electrons. The van der Waals surface area contributed by atoms with Gasteiger partial charge < -0.3 is 10.1 Å². The SMILES string of the molecule is CCCc1ccc(C(COC)N2CCNCC2)cc1. The van der Waals surface area contributed by atoms with Crippen LogP contribution >= 0.6 is 0 Å². The average molecular weight is 262 g/mol. The fourth-order valence-corrected chi connectivity index (χ4v) is 2.76. The predicted octanol–water partition coefficient (Wildman–Crippen LogP) is 2.23. The van der Waals surface area contributed by atoms with Crippen molar-refractivity contribution in [2.24, 2.45) is 0 Å². The summed E-state index contributed by atoms with van der Waals surface area (Å²) in [6.45, 7) is 7.35. The zero-order chi connectivity index (χ0) is 13.5. The first-order chi connectivity index (χ1) is 9.35. The molecule has 1 unspecified atom stereocenters. The number of hydrogen-bond donors (Lipinski definition) is 1. The normalized spacial score (nSPS) is 18.4. The van der Waals surface area contributed by atoms with Crippen molar-refractivity contribution in [2.75, 3.05) is 39.9 Å². The summed E-state index contributed by atoms with van der Waals surface area (Å²) in [6.07, 6.45) is 2.38. The Labute approximate surface area is 116 Å². The zero-order valence-corrected chi connectivity index (χ0v) is 12.2. The van der Waals surface area contributed by atoms with Gasteiger partial charge >= 0.3 is 0 Å². The van der Waals surface area contributed by atoms with Gasteiger partial charge in [-0.2, -0.15) is 0 Å². The number of aryl methyl sites for hydroxylation is 1. The van der Waals surface area contributed by atoms with E-state index in [1.54, 1.807) is 7.11 Å². The first-order valence-corrected chi connectivity index (χ1v) is 7.37. The van der Waals surface area contributed by atoms with E-state index in [9.17, 15) is 0 Å². The molecule has 1 aromatic carbocycles. The van der Waals surface area contributed by atoms with E-state index in [2.05, 4.69) is 41.4 Å². The maximum Gasteiger partial charge on any atom is 0.0659 e. The van der Waals surface area contributed by atoms with Gasteiger partial charge in [0, 0.05) is 33.3 Å². The van der Waals surface area contributed by atoms with Crippen molar-refractivity contribution in [3.05, 3.63) is 35.4 Å². The highest BCUT2D eigenvalue weighted by molar-refractivity contribution is 5.25. The Hall–Kier alpha value is -0.900. The largest absolute Gasteiger partial charge is 0.383 e. The maximum atomic E-state index is 5.43. The third-order valence-electron chi connectivity index (χ3n) is 3.82. The van der Waals surface area contributed by atoms with E-state index in [-0.39, 0.29) is 0 Å². The number of rotatable bonds is 6. The summed E-state index contributed by atoms with van der Waals surface area (Å²) in [5.41, 5.74) is 2.81. The van der Waals surface area contributed by atoms with Crippen LogP contribution in [0.4, 0.5) is 0 Å². The molecule has 1 fully saturated rings. The molecule has 0 aliphatic carbocycles. The predicted molar refractivity (Wildman–Crippen MR) is 79.5 cm³/mol. The highest BCUT2D eigenvalue weighted by atomic mass is 16.5. The van der Waals surface area contributed by atoms with Crippen LogP contribution in [0.2, 0.25) is 0 Å². The Morgan fingerprint density at radius 3 is 2.47 bits per heavy atom. The summed E-state index contributed by atoms with van der Waals surface area (Å²) in [7, 11) is 1.79. The smallest absolute Gasteiger partial charge is 0.0659 e. The van der Waals surface area contributed by atoms with E-state index in [1.165, 1.54) is 24.0 Å². The molecule has 1 aliphatic rings. The lowest BCUT2D eigenvalue weighted by atomic mass is 10.0. The first-order valence-electron chi connectivity index (χ1n) is 7.37. The van der Waals surface area contributed by atoms with Crippen LogP contribution in [-0.2, 0) is 11.2 Å². The van der Waals surface area contributed by atoms with Crippen molar-refractivity contribution < 1.29 is 4.74 Å². The van der Waals surface area contributed by atoms with Crippen LogP contribution in [0.1, 0.15) is 30.5 Å². The molecule has 0 amide bonds. The molecule has 1 aliphatic heterocycles. The lowest BCUT2D eigenvalue weighted by Gasteiger charge is -2.34. The Kier molecular flexibility index (Phi) is 5.83. The van der Waals surface area contributed by atoms with Crippen LogP contribution in [0, 0.1) is 0 Å². The molecule has 1 saturated heterocycles. The van der Waals surface area contributed by atoms with Gasteiger partial charge in [-0.1, -0.05) is 37.6 Å². The molecule has 3 nitrogen and oxygen atoms in total. The van der Waals surface area contributed by atoms with Crippen molar-refractivity contribution >= 4 is 0 Å². The number of benzene rings is 1. The van der Waals surface area contributed by atoms with Gasteiger partial charge in [-0.15, -0.1) is 0 Å². The second-order valence-electron chi connectivity index (χ2n) is 5.25. The summed E-state index contributed by atoms with van der Waals surface area (Å²) in [5, 5.41) is 3.41. The van der Waals surface area contributed by atoms with Crippen LogP contribution in [0.25, 0.3) is 0 Å². The van der Waals surface area contributed by atoms with E-state index in [4.69, 9.17) is 4.74 Å². The van der Waals surface area contributed by atoms with Crippen molar-refractivity contribution in [1.82, 2.24) is 10.2 Å². The minimum Gasteiger partial charge on any atom is -0.383 e. The highest BCUT2D eigenvalue weighted by Crippen LogP contribution is 2.22. The summed E-state index contributed by atoms with van der Waals surface area (Å²) >= 11 is 0. The molecule has 3 heteroatoms. The molecule has 1 aromatic rings. The minimum absolute atomic E-state index is 0.391. The number of ether oxygens (including phenoxy) is 1. The first kappa shape index (κ1) is 14.5. The van der Waals surface area contributed by atoms with E-state index in [0.717, 1.165) is 32.8 Å². The summed E-state index contributed by atoms with van der Waals surface area (Å²) in [5.74, 6) is 0. The van der Waals surface area contributed by atoms with Gasteiger partial charge in [0.25, 0.3) is 0 Å². The van der Waals surface area contributed by atoms with Crippen molar-refractivity contribution in [1.29, 1.82) is 0 Å². The Balaban J connectivity index is 2.08. The third-order valence-corrected chi connectivity index (χ3v) is 3.82. The minimum atomic E-state index is 0.391. The molecule has 1 heterocycles. The second kappa shape index (κ2) is 7.63. The van der Waals surface area contributed by atoms with Gasteiger partial charge in [0.15, 0.2) is 0 Å². The summed E-state index contributed by atoms with van der Waals surface area (Å²) in [4.78, 5) is 2.52. The molecule has 19 heavy (non-hydrogen) atoms. The van der Waals surface area contributed by atoms with Crippen molar-refractivity contribution in [3.8, 4) is 0 Å². The number of nitrogens with zero attached hydrogens (tertiary/aromatic N) is 1. The van der Waals surface area contributed by atoms with Gasteiger partial charge in [0.1, 0.15) is 0 Å². The lowest BCUT2D eigenvalue weighted by Crippen LogP contribution is -2.46. The van der Waals surface area contributed by atoms with Gasteiger partial charge in [0.05, 0.1) is 12.6 Å². The number of nitrogens with one attached hydrogen (secondary N) is 1. The third kappa shape index (κ3) is 4.03. The van der Waals surface area contributed by atoms with E-state index < -0.39 is 0 Å². The quantitative estimate of drug-likeness (QED) is 0.851. The number of hydrogen-bond acceptors (Lipinski definition) is 3. The fraction of sp³-hybridized carbons (Fsp3) is 0.625. The number of methoxy groups -OCH3 is 1. The van der Waals surface area contributed by atoms with Crippen molar-refractivity contribution in [2.45, 2.75) is 25.8 Å². The molecule has 0 bridgehead atoms. The Morgan fingerprint density at radius 2 is 1.89 bits per heavy atom. The average Bonchev–Trinajstić information content (AvgIpc) is 2.47. The Morgan fingerprint density at radius 1 is 1.21 bits per heavy atom. The van der Waals surface area contributed by atoms with Gasteiger partial charge in [-0.3, -0.25) is 4.90 Å². The molecular formula is C16H26N2O. The maximum absolute atomic E-state index is 5.43. The molecule has 106 valence electrons. The second-order valence-corrected chi connectivity index (χ2v) is 5.25. The van der Waals surface area contributed by atoms with Crippen LogP contribution in [0.5, 0.6) is 0 Å². The van der Waals surface area contributed by atoms with Crippen molar-refractivity contribution in [3.63, 3.8) is 0 Å². The number of piperazine rings is 1. The standard InChI is InChI=1S/C16H26N2O/c1-3-4-14-5-7-15(8-6-14)16(13-19-2)18-11-9-17-10-12-18/h5-8,16-17H,3-4,9-13H2,1-2H3. The van der Waals surface area contributed by atoms with E-state index in [0.29, 0.717) is 6.04 Å². The monoisotopic (exact) mass is 262 g/mol. The van der Waals surface area contributed by atoms with E-state index >= 15 is 0 Å². The molecule has 0 saturated carbocycles. The zero-order valence-electron chi connectivity index (χ0n) is 12.2. The lowest BCUT2D eigenvalue weighted by molar-refractivity contribution is 0.0813. The summed E-state index contributed by atoms with van der Waals surface area (Å²) < 4.78 is 5.43. The molecule has 2 rings (SSSR count). The van der Waals surface area contributed by atoms with Crippen LogP contribution in [0.3, 0.4) is 0 Å². The highest BCUT2D eigenvalue weighted by Gasteiger charge is 2.21. The van der Waals surface area contributed by atoms with E-state index in [1.807, 2.05) is 0 Å². The molecule has 1 atom stereocenters. The molecule has 0 spiro atoms. The van der Waals surface area contributed by atoms with Crippen LogP contribution in [0.15, 0.2) is 24.3 Å². The molecule has 1 N–H and O–H groups in total. The topological polar surface area (TPSA) is 24.5 Å². The van der Waals surface area contributed by atoms with Gasteiger partial charge in [-0.25, -0.2) is 0 Å². The molecular weight excluding hydrogens is 236 g/mol. The van der Waals surface area contributed by atoms with Gasteiger partial charge in [-0.05, 0) is 17.5 Å². The van der Waals surface area contributed by atoms with Crippen LogP contribution in [-0.4, -0.2) is 44.8 Å².